The van der Waals surface area contributed by atoms with Crippen LogP contribution in [0.15, 0.2) is 61.2 Å². The van der Waals surface area contributed by atoms with Crippen LogP contribution in [0, 0.1) is 0 Å². The van der Waals surface area contributed by atoms with Gasteiger partial charge in [-0.3, -0.25) is 9.78 Å². The molecule has 1 aromatic carbocycles. The number of hydrogen-bond acceptors (Lipinski definition) is 5. The molecule has 0 aliphatic rings. The molecule has 0 radical (unpaired) electrons. The topological polar surface area (TPSA) is 105 Å². The molecule has 0 saturated carbocycles. The maximum atomic E-state index is 12.2. The van der Waals surface area contributed by atoms with Crippen LogP contribution in [0.4, 0.5) is 0 Å². The molecule has 0 aliphatic heterocycles. The summed E-state index contributed by atoms with van der Waals surface area (Å²) in [6, 6.07) is 11.5. The SMILES string of the molecule is CC(NC(=O)c1cnc(C(=O)O)cn1)c1ccc(-c2ccncc2)cc1. The summed E-state index contributed by atoms with van der Waals surface area (Å²) in [7, 11) is 0. The van der Waals surface area contributed by atoms with Gasteiger partial charge >= 0.3 is 5.97 Å². The highest BCUT2D eigenvalue weighted by molar-refractivity contribution is 5.93. The zero-order chi connectivity index (χ0) is 18.5. The Balaban J connectivity index is 1.68. The molecule has 1 unspecified atom stereocenters. The lowest BCUT2D eigenvalue weighted by Gasteiger charge is -2.14. The molecule has 7 nitrogen and oxygen atoms in total. The van der Waals surface area contributed by atoms with Crippen LogP contribution in [-0.2, 0) is 0 Å². The molecule has 0 bridgehead atoms. The summed E-state index contributed by atoms with van der Waals surface area (Å²) < 4.78 is 0. The van der Waals surface area contributed by atoms with Crippen molar-refractivity contribution in [2.75, 3.05) is 0 Å². The smallest absolute Gasteiger partial charge is 0.356 e. The number of pyridine rings is 1. The fraction of sp³-hybridized carbons (Fsp3) is 0.105. The highest BCUT2D eigenvalue weighted by Crippen LogP contribution is 2.21. The number of nitrogens with zero attached hydrogens (tertiary/aromatic N) is 3. The summed E-state index contributed by atoms with van der Waals surface area (Å²) in [6.45, 7) is 1.86. The Kier molecular flexibility index (Phi) is 4.98. The first kappa shape index (κ1) is 17.2. The quantitative estimate of drug-likeness (QED) is 0.734. The molecule has 0 fully saturated rings. The number of benzene rings is 1. The molecule has 0 spiro atoms. The van der Waals surface area contributed by atoms with Crippen molar-refractivity contribution in [2.45, 2.75) is 13.0 Å². The second-order valence-electron chi connectivity index (χ2n) is 5.65. The number of carboxylic acid groups (broad SMARTS) is 1. The van der Waals surface area contributed by atoms with Gasteiger partial charge in [-0.1, -0.05) is 24.3 Å². The Morgan fingerprint density at radius 2 is 1.50 bits per heavy atom. The van der Waals surface area contributed by atoms with E-state index in [4.69, 9.17) is 5.11 Å². The molecular formula is C19H16N4O3. The number of carboxylic acids is 1. The first-order valence-electron chi connectivity index (χ1n) is 7.91. The van der Waals surface area contributed by atoms with Crippen LogP contribution in [0.3, 0.4) is 0 Å². The second-order valence-corrected chi connectivity index (χ2v) is 5.65. The first-order chi connectivity index (χ1) is 12.5. The van der Waals surface area contributed by atoms with Crippen LogP contribution in [0.2, 0.25) is 0 Å². The van der Waals surface area contributed by atoms with Gasteiger partial charge < -0.3 is 10.4 Å². The maximum Gasteiger partial charge on any atom is 0.356 e. The predicted molar refractivity (Wildman–Crippen MR) is 94.5 cm³/mol. The van der Waals surface area contributed by atoms with Crippen LogP contribution < -0.4 is 5.32 Å². The Morgan fingerprint density at radius 1 is 0.923 bits per heavy atom. The van der Waals surface area contributed by atoms with Crippen LogP contribution in [-0.4, -0.2) is 31.9 Å². The maximum absolute atomic E-state index is 12.2. The van der Waals surface area contributed by atoms with E-state index in [1.165, 1.54) is 0 Å². The van der Waals surface area contributed by atoms with Gasteiger partial charge in [0.1, 0.15) is 5.69 Å². The summed E-state index contributed by atoms with van der Waals surface area (Å²) in [4.78, 5) is 34.5. The Morgan fingerprint density at radius 3 is 2.08 bits per heavy atom. The van der Waals surface area contributed by atoms with Gasteiger partial charge in [-0.05, 0) is 35.7 Å². The number of carbonyl (C=O) groups is 2. The summed E-state index contributed by atoms with van der Waals surface area (Å²) >= 11 is 0. The van der Waals surface area contributed by atoms with Crippen molar-refractivity contribution in [3.8, 4) is 11.1 Å². The molecule has 7 heteroatoms. The van der Waals surface area contributed by atoms with E-state index in [9.17, 15) is 9.59 Å². The molecule has 26 heavy (non-hydrogen) atoms. The molecule has 2 heterocycles. The third kappa shape index (κ3) is 3.89. The van der Waals surface area contributed by atoms with Crippen LogP contribution in [0.5, 0.6) is 0 Å². The number of rotatable bonds is 5. The Hall–Kier alpha value is -3.61. The molecule has 1 atom stereocenters. The van der Waals surface area contributed by atoms with Gasteiger partial charge in [0.05, 0.1) is 18.4 Å². The lowest BCUT2D eigenvalue weighted by Crippen LogP contribution is -2.27. The van der Waals surface area contributed by atoms with Gasteiger partial charge in [0.2, 0.25) is 0 Å². The van der Waals surface area contributed by atoms with Gasteiger partial charge in [0.15, 0.2) is 5.69 Å². The van der Waals surface area contributed by atoms with Crippen molar-refractivity contribution < 1.29 is 14.7 Å². The molecule has 0 aliphatic carbocycles. The van der Waals surface area contributed by atoms with Gasteiger partial charge in [-0.25, -0.2) is 14.8 Å². The molecule has 2 N–H and O–H groups in total. The van der Waals surface area contributed by atoms with Gasteiger partial charge in [-0.2, -0.15) is 0 Å². The molecule has 0 saturated heterocycles. The summed E-state index contributed by atoms with van der Waals surface area (Å²) in [5.41, 5.74) is 2.92. The fourth-order valence-electron chi connectivity index (χ4n) is 2.42. The predicted octanol–water partition coefficient (Wildman–Crippen LogP) is 2.73. The van der Waals surface area contributed by atoms with Crippen molar-refractivity contribution in [3.05, 3.63) is 78.1 Å². The fourth-order valence-corrected chi connectivity index (χ4v) is 2.42. The van der Waals surface area contributed by atoms with Gasteiger partial charge in [0.25, 0.3) is 5.91 Å². The minimum Gasteiger partial charge on any atom is -0.476 e. The average molecular weight is 348 g/mol. The monoisotopic (exact) mass is 348 g/mol. The number of nitrogens with one attached hydrogen (secondary N) is 1. The minimum atomic E-state index is -1.19. The third-order valence-electron chi connectivity index (χ3n) is 3.88. The molecular weight excluding hydrogens is 332 g/mol. The molecule has 2 aromatic heterocycles. The van der Waals surface area contributed by atoms with E-state index >= 15 is 0 Å². The number of aromatic nitrogens is 3. The van der Waals surface area contributed by atoms with Gasteiger partial charge in [-0.15, -0.1) is 0 Å². The third-order valence-corrected chi connectivity index (χ3v) is 3.88. The van der Waals surface area contributed by atoms with E-state index in [0.29, 0.717) is 0 Å². The zero-order valence-corrected chi connectivity index (χ0v) is 14.0. The molecule has 130 valence electrons. The highest BCUT2D eigenvalue weighted by atomic mass is 16.4. The van der Waals surface area contributed by atoms with Crippen molar-refractivity contribution in [1.29, 1.82) is 0 Å². The van der Waals surface area contributed by atoms with Crippen molar-refractivity contribution in [2.24, 2.45) is 0 Å². The summed E-state index contributed by atoms with van der Waals surface area (Å²) in [5, 5.41) is 11.6. The van der Waals surface area contributed by atoms with Crippen LogP contribution in [0.1, 0.15) is 39.5 Å². The van der Waals surface area contributed by atoms with Crippen molar-refractivity contribution in [3.63, 3.8) is 0 Å². The van der Waals surface area contributed by atoms with Gasteiger partial charge in [0, 0.05) is 12.4 Å². The van der Waals surface area contributed by atoms with E-state index in [0.717, 1.165) is 29.1 Å². The van der Waals surface area contributed by atoms with Crippen molar-refractivity contribution >= 4 is 11.9 Å². The zero-order valence-electron chi connectivity index (χ0n) is 14.0. The first-order valence-corrected chi connectivity index (χ1v) is 7.91. The molecule has 3 aromatic rings. The van der Waals surface area contributed by atoms with E-state index in [2.05, 4.69) is 20.3 Å². The van der Waals surface area contributed by atoms with E-state index in [-0.39, 0.29) is 17.4 Å². The molecule has 3 rings (SSSR count). The standard InChI is InChI=1S/C19H16N4O3/c1-12(23-18(24)16-10-22-17(11-21-16)19(25)26)13-2-4-14(5-3-13)15-6-8-20-9-7-15/h2-12H,1H3,(H,23,24)(H,25,26). The second kappa shape index (κ2) is 7.52. The highest BCUT2D eigenvalue weighted by Gasteiger charge is 2.14. The summed E-state index contributed by atoms with van der Waals surface area (Å²) in [5.74, 6) is -1.60. The number of carbonyl (C=O) groups excluding carboxylic acids is 1. The number of hydrogen-bond donors (Lipinski definition) is 2. The number of amides is 1. The Labute approximate surface area is 149 Å². The largest absolute Gasteiger partial charge is 0.476 e. The lowest BCUT2D eigenvalue weighted by atomic mass is 10.0. The minimum absolute atomic E-state index is 0.0651. The van der Waals surface area contributed by atoms with E-state index in [1.807, 2.05) is 43.3 Å². The van der Waals surface area contributed by atoms with Crippen LogP contribution in [0.25, 0.3) is 11.1 Å². The normalized spacial score (nSPS) is 11.6. The molecule has 1 amide bonds. The average Bonchev–Trinajstić information content (AvgIpc) is 2.68. The summed E-state index contributed by atoms with van der Waals surface area (Å²) in [6.07, 6.45) is 5.69. The van der Waals surface area contributed by atoms with E-state index in [1.54, 1.807) is 12.4 Å². The van der Waals surface area contributed by atoms with Crippen molar-refractivity contribution in [1.82, 2.24) is 20.3 Å². The Bertz CT molecular complexity index is 910. The van der Waals surface area contributed by atoms with E-state index < -0.39 is 11.9 Å². The lowest BCUT2D eigenvalue weighted by molar-refractivity contribution is 0.0689. The number of aromatic carboxylic acids is 1. The van der Waals surface area contributed by atoms with Crippen LogP contribution >= 0.6 is 0 Å².